The quantitative estimate of drug-likeness (QED) is 0.858. The molecule has 0 aromatic carbocycles. The molecule has 1 fully saturated rings. The van der Waals surface area contributed by atoms with E-state index in [2.05, 4.69) is 28.7 Å². The van der Waals surface area contributed by atoms with E-state index >= 15 is 0 Å². The number of nitrogens with two attached hydrogens (primary N) is 1. The molecule has 1 aromatic heterocycles. The summed E-state index contributed by atoms with van der Waals surface area (Å²) < 4.78 is 0. The number of rotatable bonds is 4. The number of anilines is 1. The molecule has 1 aliphatic heterocycles. The van der Waals surface area contributed by atoms with Gasteiger partial charge in [0.25, 0.3) is 0 Å². The van der Waals surface area contributed by atoms with Crippen molar-refractivity contribution >= 4 is 23.0 Å². The predicted molar refractivity (Wildman–Crippen MR) is 82.4 cm³/mol. The number of hydrogen-bond donors (Lipinski definition) is 1. The third-order valence-electron chi connectivity index (χ3n) is 4.54. The molecule has 4 nitrogen and oxygen atoms in total. The summed E-state index contributed by atoms with van der Waals surface area (Å²) in [5, 5.41) is 0. The second-order valence-corrected chi connectivity index (χ2v) is 5.76. The number of nitrogens with zero attached hydrogens (tertiary/aromatic N) is 3. The van der Waals surface area contributed by atoms with Crippen LogP contribution >= 0.6 is 12.2 Å². The first-order chi connectivity index (χ1) is 9.10. The van der Waals surface area contributed by atoms with Gasteiger partial charge in [0.2, 0.25) is 0 Å². The number of piperidine rings is 1. The summed E-state index contributed by atoms with van der Waals surface area (Å²) in [6, 6.07) is 0. The van der Waals surface area contributed by atoms with Gasteiger partial charge >= 0.3 is 0 Å². The van der Waals surface area contributed by atoms with E-state index in [0.29, 0.717) is 16.1 Å². The highest BCUT2D eigenvalue weighted by Gasteiger charge is 2.31. The van der Waals surface area contributed by atoms with Crippen molar-refractivity contribution in [1.82, 2.24) is 9.97 Å². The van der Waals surface area contributed by atoms with Gasteiger partial charge in [0.1, 0.15) is 16.5 Å². The summed E-state index contributed by atoms with van der Waals surface area (Å²) in [5.74, 6) is 0.931. The van der Waals surface area contributed by atoms with Crippen LogP contribution in [0.25, 0.3) is 0 Å². The molecular formula is C14H22N4S. The maximum atomic E-state index is 5.53. The van der Waals surface area contributed by atoms with Crippen LogP contribution in [0.1, 0.15) is 45.2 Å². The Morgan fingerprint density at radius 2 is 1.89 bits per heavy atom. The first-order valence-electron chi connectivity index (χ1n) is 6.97. The van der Waals surface area contributed by atoms with Gasteiger partial charge < -0.3 is 10.6 Å². The van der Waals surface area contributed by atoms with Crippen molar-refractivity contribution in [3.8, 4) is 0 Å². The van der Waals surface area contributed by atoms with Gasteiger partial charge in [-0.2, -0.15) is 0 Å². The molecular weight excluding hydrogens is 256 g/mol. The Balaban J connectivity index is 2.03. The molecule has 104 valence electrons. The smallest absolute Gasteiger partial charge is 0.147 e. The van der Waals surface area contributed by atoms with Crippen LogP contribution in [0.3, 0.4) is 0 Å². The lowest BCUT2D eigenvalue weighted by molar-refractivity contribution is 0.199. The summed E-state index contributed by atoms with van der Waals surface area (Å²) in [6.07, 6.45) is 8.45. The van der Waals surface area contributed by atoms with E-state index in [0.717, 1.165) is 18.9 Å². The van der Waals surface area contributed by atoms with Crippen molar-refractivity contribution in [1.29, 1.82) is 0 Å². The maximum Gasteiger partial charge on any atom is 0.147 e. The molecule has 2 rings (SSSR count). The molecule has 0 radical (unpaired) electrons. The lowest BCUT2D eigenvalue weighted by Crippen LogP contribution is -2.40. The molecule has 1 aromatic rings. The second-order valence-electron chi connectivity index (χ2n) is 5.32. The van der Waals surface area contributed by atoms with Gasteiger partial charge in [0.15, 0.2) is 0 Å². The summed E-state index contributed by atoms with van der Waals surface area (Å²) in [7, 11) is 0. The molecule has 5 heteroatoms. The summed E-state index contributed by atoms with van der Waals surface area (Å²) >= 11 is 4.88. The second kappa shape index (κ2) is 5.82. The van der Waals surface area contributed by atoms with Crippen molar-refractivity contribution in [2.75, 3.05) is 18.0 Å². The van der Waals surface area contributed by atoms with E-state index in [1.165, 1.54) is 25.7 Å². The lowest BCUT2D eigenvalue weighted by atomic mass is 9.74. The van der Waals surface area contributed by atoms with E-state index in [4.69, 9.17) is 18.0 Å². The molecule has 0 atom stereocenters. The highest BCUT2D eigenvalue weighted by Crippen LogP contribution is 2.38. The van der Waals surface area contributed by atoms with Crippen molar-refractivity contribution in [2.45, 2.75) is 39.5 Å². The van der Waals surface area contributed by atoms with Gasteiger partial charge in [0, 0.05) is 13.1 Å². The lowest BCUT2D eigenvalue weighted by Gasteiger charge is -2.41. The predicted octanol–water partition coefficient (Wildman–Crippen LogP) is 2.52. The van der Waals surface area contributed by atoms with Gasteiger partial charge in [-0.3, -0.25) is 0 Å². The van der Waals surface area contributed by atoms with E-state index in [1.807, 2.05) is 0 Å². The molecule has 2 heterocycles. The van der Waals surface area contributed by atoms with Crippen LogP contribution in [0.5, 0.6) is 0 Å². The standard InChI is InChI=1S/C14H22N4S/c1-3-14(4-2)5-7-18(8-6-14)12-10-16-11(9-17-12)13(15)19/h9-10H,3-8H2,1-2H3,(H2,15,19). The third kappa shape index (κ3) is 3.03. The Morgan fingerprint density at radius 1 is 1.26 bits per heavy atom. The van der Waals surface area contributed by atoms with Crippen molar-refractivity contribution < 1.29 is 0 Å². The normalized spacial score (nSPS) is 18.3. The number of hydrogen-bond acceptors (Lipinski definition) is 4. The maximum absolute atomic E-state index is 5.53. The van der Waals surface area contributed by atoms with Crippen LogP contribution in [0, 0.1) is 5.41 Å². The summed E-state index contributed by atoms with van der Waals surface area (Å²) in [4.78, 5) is 11.3. The molecule has 0 amide bonds. The van der Waals surface area contributed by atoms with Crippen LogP contribution in [0.15, 0.2) is 12.4 Å². The van der Waals surface area contributed by atoms with E-state index in [9.17, 15) is 0 Å². The van der Waals surface area contributed by atoms with Crippen molar-refractivity contribution in [3.05, 3.63) is 18.1 Å². The Hall–Kier alpha value is -1.23. The summed E-state index contributed by atoms with van der Waals surface area (Å²) in [5.41, 5.74) is 6.65. The molecule has 19 heavy (non-hydrogen) atoms. The highest BCUT2D eigenvalue weighted by molar-refractivity contribution is 7.80. The zero-order valence-electron chi connectivity index (χ0n) is 11.7. The Bertz CT molecular complexity index is 429. The molecule has 1 aliphatic rings. The Morgan fingerprint density at radius 3 is 2.32 bits per heavy atom. The number of thiocarbonyl (C=S) groups is 1. The first-order valence-corrected chi connectivity index (χ1v) is 7.38. The van der Waals surface area contributed by atoms with Gasteiger partial charge in [-0.25, -0.2) is 9.97 Å². The minimum absolute atomic E-state index is 0.300. The molecule has 0 bridgehead atoms. The fourth-order valence-electron chi connectivity index (χ4n) is 2.78. The largest absolute Gasteiger partial charge is 0.388 e. The zero-order valence-corrected chi connectivity index (χ0v) is 12.5. The average Bonchev–Trinajstić information content (AvgIpc) is 2.47. The molecule has 0 spiro atoms. The van der Waals surface area contributed by atoms with Crippen LogP contribution in [0.2, 0.25) is 0 Å². The van der Waals surface area contributed by atoms with Gasteiger partial charge in [-0.05, 0) is 18.3 Å². The van der Waals surface area contributed by atoms with Crippen LogP contribution in [-0.2, 0) is 0 Å². The molecule has 2 N–H and O–H groups in total. The van der Waals surface area contributed by atoms with Crippen LogP contribution in [-0.4, -0.2) is 28.0 Å². The van der Waals surface area contributed by atoms with E-state index in [-0.39, 0.29) is 0 Å². The monoisotopic (exact) mass is 278 g/mol. The zero-order chi connectivity index (χ0) is 13.9. The Kier molecular flexibility index (Phi) is 4.34. The van der Waals surface area contributed by atoms with Crippen molar-refractivity contribution in [2.24, 2.45) is 11.1 Å². The SMILES string of the molecule is CCC1(CC)CCN(c2cnc(C(N)=S)cn2)CC1. The third-order valence-corrected chi connectivity index (χ3v) is 4.75. The first kappa shape index (κ1) is 14.2. The minimum atomic E-state index is 0.300. The number of aromatic nitrogens is 2. The Labute approximate surface area is 120 Å². The topological polar surface area (TPSA) is 55.0 Å². The van der Waals surface area contributed by atoms with Gasteiger partial charge in [0.05, 0.1) is 12.4 Å². The fourth-order valence-corrected chi connectivity index (χ4v) is 2.88. The molecule has 0 saturated carbocycles. The minimum Gasteiger partial charge on any atom is -0.388 e. The highest BCUT2D eigenvalue weighted by atomic mass is 32.1. The molecule has 0 aliphatic carbocycles. The van der Waals surface area contributed by atoms with Crippen molar-refractivity contribution in [3.63, 3.8) is 0 Å². The fraction of sp³-hybridized carbons (Fsp3) is 0.643. The van der Waals surface area contributed by atoms with E-state index in [1.54, 1.807) is 12.4 Å². The van der Waals surface area contributed by atoms with Crippen LogP contribution < -0.4 is 10.6 Å². The summed E-state index contributed by atoms with van der Waals surface area (Å²) in [6.45, 7) is 6.72. The van der Waals surface area contributed by atoms with Gasteiger partial charge in [-0.1, -0.05) is 38.9 Å². The van der Waals surface area contributed by atoms with Gasteiger partial charge in [-0.15, -0.1) is 0 Å². The van der Waals surface area contributed by atoms with E-state index < -0.39 is 0 Å². The van der Waals surface area contributed by atoms with Crippen LogP contribution in [0.4, 0.5) is 5.82 Å². The average molecular weight is 278 g/mol. The molecule has 0 unspecified atom stereocenters. The molecule has 1 saturated heterocycles.